The van der Waals surface area contributed by atoms with Crippen molar-refractivity contribution < 1.29 is 19.7 Å². The van der Waals surface area contributed by atoms with E-state index in [1.54, 1.807) is 25.3 Å². The van der Waals surface area contributed by atoms with E-state index in [1.807, 2.05) is 26.8 Å². The molecule has 0 fully saturated rings. The molecule has 150 valence electrons. The number of phenols is 2. The minimum atomic E-state index is -0.278. The van der Waals surface area contributed by atoms with Crippen LogP contribution in [0, 0.1) is 0 Å². The number of hydrogen-bond acceptors (Lipinski definition) is 4. The van der Waals surface area contributed by atoms with E-state index in [1.165, 1.54) is 18.2 Å². The quantitative estimate of drug-likeness (QED) is 0.534. The van der Waals surface area contributed by atoms with Gasteiger partial charge in [-0.25, -0.2) is 0 Å². The number of hydrogen-bond donors (Lipinski definition) is 2. The van der Waals surface area contributed by atoms with Crippen molar-refractivity contribution in [2.24, 2.45) is 0 Å². The number of allylic oxidation sites excluding steroid dienone is 1. The highest BCUT2D eigenvalue weighted by Gasteiger charge is 2.29. The largest absolute Gasteiger partial charge is 0.508 e. The van der Waals surface area contributed by atoms with E-state index in [9.17, 15) is 15.0 Å². The van der Waals surface area contributed by atoms with Crippen LogP contribution in [0.1, 0.15) is 68.6 Å². The van der Waals surface area contributed by atoms with Gasteiger partial charge in [0.1, 0.15) is 17.2 Å². The lowest BCUT2D eigenvalue weighted by molar-refractivity contribution is 0.104. The molecule has 0 aliphatic carbocycles. The summed E-state index contributed by atoms with van der Waals surface area (Å²) < 4.78 is 5.65. The molecular weight excluding hydrogens is 352 g/mol. The van der Waals surface area contributed by atoms with E-state index in [-0.39, 0.29) is 28.1 Å². The Morgan fingerprint density at radius 3 is 1.93 bits per heavy atom. The molecule has 4 nitrogen and oxygen atoms in total. The molecule has 0 aliphatic rings. The molecule has 2 aromatic carbocycles. The second-order valence-electron chi connectivity index (χ2n) is 9.01. The summed E-state index contributed by atoms with van der Waals surface area (Å²) in [5.74, 6) is 0.562. The van der Waals surface area contributed by atoms with Crippen LogP contribution in [0.4, 0.5) is 0 Å². The predicted molar refractivity (Wildman–Crippen MR) is 114 cm³/mol. The number of ether oxygens (including phenoxy) is 1. The SMILES string of the molecule is COc1c(C(C)(C)C)cc(C(C)(C)C)c(O)c1C=CC(=O)c1ccc(O)cc1. The Morgan fingerprint density at radius 2 is 1.46 bits per heavy atom. The summed E-state index contributed by atoms with van der Waals surface area (Å²) in [6.07, 6.45) is 3.02. The van der Waals surface area contributed by atoms with Crippen molar-refractivity contribution in [3.8, 4) is 17.2 Å². The molecule has 0 aromatic heterocycles. The molecule has 2 rings (SSSR count). The van der Waals surface area contributed by atoms with E-state index >= 15 is 0 Å². The van der Waals surface area contributed by atoms with Crippen molar-refractivity contribution >= 4 is 11.9 Å². The Labute approximate surface area is 167 Å². The van der Waals surface area contributed by atoms with E-state index in [0.29, 0.717) is 16.9 Å². The van der Waals surface area contributed by atoms with Crippen LogP contribution >= 0.6 is 0 Å². The summed E-state index contributed by atoms with van der Waals surface area (Å²) in [5.41, 5.74) is 2.23. The smallest absolute Gasteiger partial charge is 0.185 e. The first-order valence-corrected chi connectivity index (χ1v) is 9.32. The Kier molecular flexibility index (Phi) is 5.93. The molecule has 0 amide bonds. The minimum absolute atomic E-state index is 0.104. The first-order chi connectivity index (χ1) is 12.9. The van der Waals surface area contributed by atoms with Gasteiger partial charge in [-0.2, -0.15) is 0 Å². The number of phenolic OH excluding ortho intramolecular Hbond substituents is 2. The Bertz CT molecular complexity index is 892. The number of benzene rings is 2. The molecule has 4 heteroatoms. The number of carbonyl (C=O) groups excluding carboxylic acids is 1. The predicted octanol–water partition coefficient (Wildman–Crippen LogP) is 5.60. The van der Waals surface area contributed by atoms with Crippen LogP contribution < -0.4 is 4.74 Å². The van der Waals surface area contributed by atoms with Crippen LogP contribution in [0.3, 0.4) is 0 Å². The van der Waals surface area contributed by atoms with E-state index in [4.69, 9.17) is 4.74 Å². The van der Waals surface area contributed by atoms with E-state index in [2.05, 4.69) is 20.8 Å². The van der Waals surface area contributed by atoms with Crippen LogP contribution in [-0.2, 0) is 10.8 Å². The molecule has 0 atom stereocenters. The maximum atomic E-state index is 12.5. The van der Waals surface area contributed by atoms with Gasteiger partial charge < -0.3 is 14.9 Å². The Balaban J connectivity index is 2.64. The summed E-state index contributed by atoms with van der Waals surface area (Å²) in [6.45, 7) is 12.4. The number of methoxy groups -OCH3 is 1. The summed E-state index contributed by atoms with van der Waals surface area (Å²) in [6, 6.07) is 8.05. The van der Waals surface area contributed by atoms with Crippen molar-refractivity contribution in [1.29, 1.82) is 0 Å². The fourth-order valence-corrected chi connectivity index (χ4v) is 3.06. The summed E-state index contributed by atoms with van der Waals surface area (Å²) in [4.78, 5) is 12.5. The van der Waals surface area contributed by atoms with Crippen LogP contribution in [0.2, 0.25) is 0 Å². The molecule has 0 saturated carbocycles. The molecule has 28 heavy (non-hydrogen) atoms. The lowest BCUT2D eigenvalue weighted by Crippen LogP contribution is -2.18. The van der Waals surface area contributed by atoms with Gasteiger partial charge in [0.25, 0.3) is 0 Å². The number of ketones is 1. The first-order valence-electron chi connectivity index (χ1n) is 9.32. The Morgan fingerprint density at radius 1 is 0.929 bits per heavy atom. The Hall–Kier alpha value is -2.75. The fraction of sp³-hybridized carbons (Fsp3) is 0.375. The number of aromatic hydroxyl groups is 2. The number of carbonyl (C=O) groups is 1. The van der Waals surface area contributed by atoms with Gasteiger partial charge in [-0.15, -0.1) is 0 Å². The second-order valence-corrected chi connectivity index (χ2v) is 9.01. The van der Waals surface area contributed by atoms with Gasteiger partial charge in [0.05, 0.1) is 12.7 Å². The average molecular weight is 383 g/mol. The highest BCUT2D eigenvalue weighted by Crippen LogP contribution is 2.45. The lowest BCUT2D eigenvalue weighted by atomic mass is 9.78. The summed E-state index contributed by atoms with van der Waals surface area (Å²) in [7, 11) is 1.57. The molecule has 0 heterocycles. The molecule has 0 saturated heterocycles. The molecular formula is C24H30O4. The highest BCUT2D eigenvalue weighted by molar-refractivity contribution is 6.07. The van der Waals surface area contributed by atoms with Crippen molar-refractivity contribution in [2.75, 3.05) is 7.11 Å². The third kappa shape index (κ3) is 4.56. The maximum Gasteiger partial charge on any atom is 0.185 e. The highest BCUT2D eigenvalue weighted by atomic mass is 16.5. The monoisotopic (exact) mass is 382 g/mol. The zero-order chi connectivity index (χ0) is 21.3. The molecule has 0 spiro atoms. The molecule has 0 radical (unpaired) electrons. The zero-order valence-electron chi connectivity index (χ0n) is 17.8. The van der Waals surface area contributed by atoms with Crippen LogP contribution in [0.25, 0.3) is 6.08 Å². The minimum Gasteiger partial charge on any atom is -0.508 e. The van der Waals surface area contributed by atoms with Gasteiger partial charge in [0.2, 0.25) is 0 Å². The maximum absolute atomic E-state index is 12.5. The fourth-order valence-electron chi connectivity index (χ4n) is 3.06. The summed E-state index contributed by atoms with van der Waals surface area (Å²) >= 11 is 0. The normalized spacial score (nSPS) is 12.4. The van der Waals surface area contributed by atoms with Crippen molar-refractivity contribution in [3.63, 3.8) is 0 Å². The molecule has 0 aliphatic heterocycles. The third-order valence-electron chi connectivity index (χ3n) is 4.66. The molecule has 0 bridgehead atoms. The van der Waals surface area contributed by atoms with Gasteiger partial charge in [-0.3, -0.25) is 4.79 Å². The first kappa shape index (κ1) is 21.5. The standard InChI is InChI=1S/C24H30O4/c1-23(2,3)18-14-19(24(4,5)6)22(28-7)17(21(18)27)12-13-20(26)15-8-10-16(25)11-9-15/h8-14,25,27H,1-7H3. The number of rotatable bonds is 4. The molecule has 0 unspecified atom stereocenters. The third-order valence-corrected chi connectivity index (χ3v) is 4.66. The molecule has 2 N–H and O–H groups in total. The van der Waals surface area contributed by atoms with Gasteiger partial charge in [-0.1, -0.05) is 41.5 Å². The van der Waals surface area contributed by atoms with Crippen LogP contribution in [0.15, 0.2) is 36.4 Å². The van der Waals surface area contributed by atoms with Gasteiger partial charge in [0, 0.05) is 16.7 Å². The van der Waals surface area contributed by atoms with Gasteiger partial charge >= 0.3 is 0 Å². The van der Waals surface area contributed by atoms with Crippen molar-refractivity contribution in [2.45, 2.75) is 52.4 Å². The molecule has 2 aromatic rings. The lowest BCUT2D eigenvalue weighted by Gasteiger charge is -2.29. The van der Waals surface area contributed by atoms with Gasteiger partial charge in [-0.05, 0) is 53.3 Å². The van der Waals surface area contributed by atoms with E-state index in [0.717, 1.165) is 11.1 Å². The van der Waals surface area contributed by atoms with Crippen LogP contribution in [0.5, 0.6) is 17.2 Å². The second kappa shape index (κ2) is 7.70. The topological polar surface area (TPSA) is 66.8 Å². The van der Waals surface area contributed by atoms with Gasteiger partial charge in [0.15, 0.2) is 5.78 Å². The zero-order valence-corrected chi connectivity index (χ0v) is 17.8. The van der Waals surface area contributed by atoms with Crippen molar-refractivity contribution in [1.82, 2.24) is 0 Å². The average Bonchev–Trinajstić information content (AvgIpc) is 2.58. The van der Waals surface area contributed by atoms with Crippen molar-refractivity contribution in [3.05, 3.63) is 58.7 Å². The van der Waals surface area contributed by atoms with Crippen LogP contribution in [-0.4, -0.2) is 23.1 Å². The van der Waals surface area contributed by atoms with E-state index < -0.39 is 0 Å². The summed E-state index contributed by atoms with van der Waals surface area (Å²) in [5, 5.41) is 20.4.